The lowest BCUT2D eigenvalue weighted by Gasteiger charge is -2.57. The summed E-state index contributed by atoms with van der Waals surface area (Å²) in [6, 6.07) is 7.56. The van der Waals surface area contributed by atoms with E-state index in [4.69, 9.17) is 0 Å². The fourth-order valence-electron chi connectivity index (χ4n) is 5.94. The molecule has 4 fully saturated rings. The number of benzene rings is 1. The molecule has 0 nitrogen and oxygen atoms in total. The second kappa shape index (κ2) is 4.61. The van der Waals surface area contributed by atoms with E-state index in [0.717, 1.165) is 17.8 Å². The van der Waals surface area contributed by atoms with E-state index in [9.17, 15) is 0 Å². The van der Waals surface area contributed by atoms with Crippen LogP contribution in [0, 0.1) is 17.8 Å². The van der Waals surface area contributed by atoms with Crippen LogP contribution in [-0.2, 0) is 18.3 Å². The Labute approximate surface area is 124 Å². The van der Waals surface area contributed by atoms with E-state index in [1.54, 1.807) is 36.0 Å². The minimum atomic E-state index is 0.573. The predicted octanol–water partition coefficient (Wildman–Crippen LogP) is 5.28. The van der Waals surface area contributed by atoms with E-state index < -0.39 is 0 Å². The Balaban J connectivity index is 1.76. The van der Waals surface area contributed by atoms with Gasteiger partial charge >= 0.3 is 0 Å². The molecule has 0 heterocycles. The van der Waals surface area contributed by atoms with Crippen molar-refractivity contribution >= 4 is 0 Å². The van der Waals surface area contributed by atoms with Crippen LogP contribution < -0.4 is 0 Å². The average molecular weight is 268 g/mol. The number of aryl methyl sites for hydroxylation is 2. The summed E-state index contributed by atoms with van der Waals surface area (Å²) in [5.41, 5.74) is 5.42. The van der Waals surface area contributed by atoms with Crippen molar-refractivity contribution in [2.75, 3.05) is 0 Å². The molecule has 0 saturated heterocycles. The normalized spacial score (nSPS) is 38.4. The highest BCUT2D eigenvalue weighted by atomic mass is 14.6. The molecule has 4 aliphatic carbocycles. The maximum atomic E-state index is 2.56. The molecule has 0 amide bonds. The first-order valence-corrected chi connectivity index (χ1v) is 8.84. The van der Waals surface area contributed by atoms with E-state index in [1.165, 1.54) is 32.1 Å². The standard InChI is InChI=1S/C20H28/c1-3-14-5-15(4-2)10-19(9-14)20-11-16-6-17(12-20)8-18(7-16)13-20/h5,9-10,16-18H,3-4,6-8,11-13H2,1-2H3. The summed E-state index contributed by atoms with van der Waals surface area (Å²) in [6.45, 7) is 4.61. The third-order valence-corrected chi connectivity index (χ3v) is 6.52. The monoisotopic (exact) mass is 268 g/mol. The van der Waals surface area contributed by atoms with Crippen molar-refractivity contribution in [1.29, 1.82) is 0 Å². The molecule has 0 aromatic heterocycles. The molecule has 4 aliphatic rings. The second-order valence-electron chi connectivity index (χ2n) is 7.94. The van der Waals surface area contributed by atoms with Gasteiger partial charge in [0.25, 0.3) is 0 Å². The van der Waals surface area contributed by atoms with Gasteiger partial charge in [0.1, 0.15) is 0 Å². The van der Waals surface area contributed by atoms with Gasteiger partial charge in [-0.25, -0.2) is 0 Å². The molecule has 108 valence electrons. The molecule has 0 atom stereocenters. The lowest BCUT2D eigenvalue weighted by atomic mass is 9.48. The highest BCUT2D eigenvalue weighted by Gasteiger charge is 2.51. The molecule has 4 saturated carbocycles. The Morgan fingerprint density at radius 3 is 1.65 bits per heavy atom. The van der Waals surface area contributed by atoms with Gasteiger partial charge in [-0.15, -0.1) is 0 Å². The lowest BCUT2D eigenvalue weighted by molar-refractivity contribution is -0.00524. The van der Waals surface area contributed by atoms with Gasteiger partial charge in [-0.3, -0.25) is 0 Å². The molecule has 0 spiro atoms. The van der Waals surface area contributed by atoms with Gasteiger partial charge in [0, 0.05) is 0 Å². The number of hydrogen-bond acceptors (Lipinski definition) is 0. The van der Waals surface area contributed by atoms with Gasteiger partial charge in [-0.05, 0) is 91.2 Å². The SMILES string of the molecule is CCc1cc(CC)cc(C23CC4CC(CC(C4)C2)C3)c1. The van der Waals surface area contributed by atoms with Crippen LogP contribution in [0.1, 0.15) is 69.1 Å². The van der Waals surface area contributed by atoms with Crippen molar-refractivity contribution in [3.63, 3.8) is 0 Å². The molecule has 0 unspecified atom stereocenters. The van der Waals surface area contributed by atoms with E-state index in [2.05, 4.69) is 32.0 Å². The Bertz CT molecular complexity index is 453. The smallest absolute Gasteiger partial charge is 0.00389 e. The van der Waals surface area contributed by atoms with Gasteiger partial charge in [0.15, 0.2) is 0 Å². The Kier molecular flexibility index (Phi) is 2.98. The zero-order chi connectivity index (χ0) is 13.7. The summed E-state index contributed by atoms with van der Waals surface area (Å²) in [5, 5.41) is 0. The van der Waals surface area contributed by atoms with Gasteiger partial charge in [-0.1, -0.05) is 32.0 Å². The van der Waals surface area contributed by atoms with Crippen LogP contribution in [0.15, 0.2) is 18.2 Å². The average Bonchev–Trinajstić information content (AvgIpc) is 2.45. The fourth-order valence-corrected chi connectivity index (χ4v) is 5.94. The lowest BCUT2D eigenvalue weighted by Crippen LogP contribution is -2.48. The van der Waals surface area contributed by atoms with Crippen molar-refractivity contribution in [2.24, 2.45) is 17.8 Å². The quantitative estimate of drug-likeness (QED) is 0.699. The van der Waals surface area contributed by atoms with Crippen molar-refractivity contribution in [3.05, 3.63) is 34.9 Å². The summed E-state index contributed by atoms with van der Waals surface area (Å²) in [4.78, 5) is 0. The molecular formula is C20H28. The van der Waals surface area contributed by atoms with E-state index in [0.29, 0.717) is 5.41 Å². The van der Waals surface area contributed by atoms with Crippen LogP contribution in [0.4, 0.5) is 0 Å². The summed E-state index contributed by atoms with van der Waals surface area (Å²) in [6.07, 6.45) is 11.5. The molecule has 4 bridgehead atoms. The molecule has 0 N–H and O–H groups in total. The highest BCUT2D eigenvalue weighted by Crippen LogP contribution is 2.60. The first kappa shape index (κ1) is 12.9. The zero-order valence-electron chi connectivity index (χ0n) is 13.1. The second-order valence-corrected chi connectivity index (χ2v) is 7.94. The number of rotatable bonds is 3. The molecule has 20 heavy (non-hydrogen) atoms. The van der Waals surface area contributed by atoms with Crippen LogP contribution in [-0.4, -0.2) is 0 Å². The van der Waals surface area contributed by atoms with Crippen LogP contribution in [0.5, 0.6) is 0 Å². The third kappa shape index (κ3) is 1.95. The van der Waals surface area contributed by atoms with Gasteiger partial charge in [-0.2, -0.15) is 0 Å². The largest absolute Gasteiger partial charge is 0.0613 e. The Hall–Kier alpha value is -0.780. The molecule has 0 aliphatic heterocycles. The summed E-state index contributed by atoms with van der Waals surface area (Å²) in [7, 11) is 0. The minimum Gasteiger partial charge on any atom is -0.0613 e. The summed E-state index contributed by atoms with van der Waals surface area (Å²) < 4.78 is 0. The fraction of sp³-hybridized carbons (Fsp3) is 0.700. The summed E-state index contributed by atoms with van der Waals surface area (Å²) >= 11 is 0. The Morgan fingerprint density at radius 2 is 1.25 bits per heavy atom. The molecule has 0 heteroatoms. The van der Waals surface area contributed by atoms with Gasteiger partial charge in [0.05, 0.1) is 0 Å². The first-order valence-electron chi connectivity index (χ1n) is 8.84. The van der Waals surface area contributed by atoms with E-state index >= 15 is 0 Å². The van der Waals surface area contributed by atoms with Gasteiger partial charge < -0.3 is 0 Å². The topological polar surface area (TPSA) is 0 Å². The van der Waals surface area contributed by atoms with Gasteiger partial charge in [0.2, 0.25) is 0 Å². The molecular weight excluding hydrogens is 240 g/mol. The highest BCUT2D eigenvalue weighted by molar-refractivity contribution is 5.37. The maximum absolute atomic E-state index is 2.56. The first-order chi connectivity index (χ1) is 9.70. The Morgan fingerprint density at radius 1 is 0.800 bits per heavy atom. The van der Waals surface area contributed by atoms with Crippen LogP contribution >= 0.6 is 0 Å². The molecule has 1 aromatic rings. The van der Waals surface area contributed by atoms with Crippen molar-refractivity contribution < 1.29 is 0 Å². The predicted molar refractivity (Wildman–Crippen MR) is 85.0 cm³/mol. The van der Waals surface area contributed by atoms with Crippen molar-refractivity contribution in [3.8, 4) is 0 Å². The van der Waals surface area contributed by atoms with Crippen LogP contribution in [0.3, 0.4) is 0 Å². The molecule has 0 radical (unpaired) electrons. The third-order valence-electron chi connectivity index (χ3n) is 6.52. The maximum Gasteiger partial charge on any atom is -0.00389 e. The van der Waals surface area contributed by atoms with E-state index in [-0.39, 0.29) is 0 Å². The van der Waals surface area contributed by atoms with Crippen LogP contribution in [0.25, 0.3) is 0 Å². The number of hydrogen-bond donors (Lipinski definition) is 0. The molecule has 5 rings (SSSR count). The minimum absolute atomic E-state index is 0.573. The van der Waals surface area contributed by atoms with Crippen molar-refractivity contribution in [1.82, 2.24) is 0 Å². The van der Waals surface area contributed by atoms with Crippen molar-refractivity contribution in [2.45, 2.75) is 70.6 Å². The molecule has 1 aromatic carbocycles. The summed E-state index contributed by atoms with van der Waals surface area (Å²) in [5.74, 6) is 3.16. The van der Waals surface area contributed by atoms with E-state index in [1.807, 2.05) is 0 Å². The zero-order valence-corrected chi connectivity index (χ0v) is 13.1. The van der Waals surface area contributed by atoms with Crippen LogP contribution in [0.2, 0.25) is 0 Å².